The van der Waals surface area contributed by atoms with Crippen LogP contribution in [0, 0.1) is 19.7 Å². The Morgan fingerprint density at radius 2 is 1.72 bits per heavy atom. The van der Waals surface area contributed by atoms with Crippen molar-refractivity contribution in [3.8, 4) is 0 Å². The average Bonchev–Trinajstić information content (AvgIpc) is 2.30. The van der Waals surface area contributed by atoms with Crippen molar-refractivity contribution in [2.75, 3.05) is 0 Å². The van der Waals surface area contributed by atoms with E-state index in [0.717, 1.165) is 11.1 Å². The molecule has 1 nitrogen and oxygen atoms in total. The first-order chi connectivity index (χ1) is 8.47. The van der Waals surface area contributed by atoms with Crippen LogP contribution in [-0.2, 0) is 0 Å². The quantitative estimate of drug-likeness (QED) is 0.877. The highest BCUT2D eigenvalue weighted by atomic mass is 79.9. The van der Waals surface area contributed by atoms with Gasteiger partial charge in [0.15, 0.2) is 0 Å². The van der Waals surface area contributed by atoms with Gasteiger partial charge in [0.25, 0.3) is 0 Å². The predicted molar refractivity (Wildman–Crippen MR) is 74.1 cm³/mol. The lowest BCUT2D eigenvalue weighted by molar-refractivity contribution is 0.219. The maximum absolute atomic E-state index is 13.3. The maximum Gasteiger partial charge on any atom is 0.124 e. The molecule has 0 amide bonds. The van der Waals surface area contributed by atoms with Crippen LogP contribution in [0.2, 0.25) is 0 Å². The highest BCUT2D eigenvalue weighted by molar-refractivity contribution is 9.10. The number of aliphatic hydroxyl groups excluding tert-OH is 1. The van der Waals surface area contributed by atoms with E-state index in [1.54, 1.807) is 6.07 Å². The van der Waals surface area contributed by atoms with Crippen LogP contribution in [0.5, 0.6) is 0 Å². The Bertz CT molecular complexity index is 560. The molecule has 2 aromatic carbocycles. The van der Waals surface area contributed by atoms with Gasteiger partial charge in [-0.15, -0.1) is 0 Å². The first-order valence-corrected chi connectivity index (χ1v) is 6.48. The summed E-state index contributed by atoms with van der Waals surface area (Å²) in [7, 11) is 0. The van der Waals surface area contributed by atoms with Gasteiger partial charge < -0.3 is 5.11 Å². The molecule has 1 N–H and O–H groups in total. The molecule has 0 saturated carbocycles. The van der Waals surface area contributed by atoms with Gasteiger partial charge in [0.2, 0.25) is 0 Å². The van der Waals surface area contributed by atoms with Crippen LogP contribution in [0.1, 0.15) is 28.4 Å². The van der Waals surface area contributed by atoms with Gasteiger partial charge in [-0.1, -0.05) is 34.1 Å². The second-order valence-corrected chi connectivity index (χ2v) is 5.36. The second-order valence-electron chi connectivity index (χ2n) is 4.45. The molecule has 0 aromatic heterocycles. The second kappa shape index (κ2) is 5.21. The summed E-state index contributed by atoms with van der Waals surface area (Å²) in [6.07, 6.45) is -0.809. The third-order valence-electron chi connectivity index (χ3n) is 3.05. The fourth-order valence-corrected chi connectivity index (χ4v) is 2.34. The molecule has 0 bridgehead atoms. The van der Waals surface area contributed by atoms with Gasteiger partial charge in [0.1, 0.15) is 11.9 Å². The van der Waals surface area contributed by atoms with Crippen molar-refractivity contribution in [2.24, 2.45) is 0 Å². The van der Waals surface area contributed by atoms with Crippen LogP contribution in [0.4, 0.5) is 4.39 Å². The van der Waals surface area contributed by atoms with Gasteiger partial charge in [-0.3, -0.25) is 0 Å². The summed E-state index contributed by atoms with van der Waals surface area (Å²) in [5, 5.41) is 10.3. The zero-order valence-electron chi connectivity index (χ0n) is 10.2. The van der Waals surface area contributed by atoms with Crippen molar-refractivity contribution < 1.29 is 9.50 Å². The Hall–Kier alpha value is -1.19. The lowest BCUT2D eigenvalue weighted by atomic mass is 9.98. The van der Waals surface area contributed by atoms with Gasteiger partial charge >= 0.3 is 0 Å². The van der Waals surface area contributed by atoms with Gasteiger partial charge in [-0.25, -0.2) is 4.39 Å². The summed E-state index contributed by atoms with van der Waals surface area (Å²) in [5.74, 6) is -0.359. The number of benzene rings is 2. The third-order valence-corrected chi connectivity index (χ3v) is 3.51. The molecule has 3 heteroatoms. The molecule has 0 heterocycles. The van der Waals surface area contributed by atoms with Crippen molar-refractivity contribution >= 4 is 15.9 Å². The molecular weight excluding hydrogens is 295 g/mol. The smallest absolute Gasteiger partial charge is 0.124 e. The van der Waals surface area contributed by atoms with Gasteiger partial charge in [0.05, 0.1) is 0 Å². The minimum absolute atomic E-state index is 0.359. The molecular formula is C15H14BrFO. The fraction of sp³-hybridized carbons (Fsp3) is 0.200. The van der Waals surface area contributed by atoms with Crippen molar-refractivity contribution in [3.05, 3.63) is 68.9 Å². The van der Waals surface area contributed by atoms with Crippen molar-refractivity contribution in [1.82, 2.24) is 0 Å². The minimum atomic E-state index is -0.809. The standard InChI is InChI=1S/C15H14BrFO/c1-9-3-4-11(5-10(9)2)15(18)12-6-13(16)8-14(17)7-12/h3-8,15,18H,1-2H3. The predicted octanol–water partition coefficient (Wildman–Crippen LogP) is 4.29. The monoisotopic (exact) mass is 308 g/mol. The van der Waals surface area contributed by atoms with E-state index in [1.165, 1.54) is 17.7 Å². The van der Waals surface area contributed by atoms with E-state index in [-0.39, 0.29) is 5.82 Å². The largest absolute Gasteiger partial charge is 0.384 e. The van der Waals surface area contributed by atoms with Crippen LogP contribution in [0.25, 0.3) is 0 Å². The summed E-state index contributed by atoms with van der Waals surface area (Å²) in [5.41, 5.74) is 3.61. The summed E-state index contributed by atoms with van der Waals surface area (Å²) in [4.78, 5) is 0. The average molecular weight is 309 g/mol. The van der Waals surface area contributed by atoms with Crippen molar-refractivity contribution in [2.45, 2.75) is 20.0 Å². The molecule has 0 spiro atoms. The number of aryl methyl sites for hydroxylation is 2. The van der Waals surface area contributed by atoms with Crippen LogP contribution >= 0.6 is 15.9 Å². The molecule has 0 radical (unpaired) electrons. The van der Waals surface area contributed by atoms with E-state index in [1.807, 2.05) is 32.0 Å². The highest BCUT2D eigenvalue weighted by Gasteiger charge is 2.12. The highest BCUT2D eigenvalue weighted by Crippen LogP contribution is 2.26. The van der Waals surface area contributed by atoms with E-state index in [9.17, 15) is 9.50 Å². The van der Waals surface area contributed by atoms with E-state index in [4.69, 9.17) is 0 Å². The number of aliphatic hydroxyl groups is 1. The number of hydrogen-bond donors (Lipinski definition) is 1. The zero-order valence-corrected chi connectivity index (χ0v) is 11.8. The van der Waals surface area contributed by atoms with E-state index >= 15 is 0 Å². The zero-order chi connectivity index (χ0) is 13.3. The Kier molecular flexibility index (Phi) is 3.83. The fourth-order valence-electron chi connectivity index (χ4n) is 1.86. The molecule has 2 rings (SSSR count). The molecule has 0 aliphatic rings. The maximum atomic E-state index is 13.3. The van der Waals surface area contributed by atoms with Crippen LogP contribution < -0.4 is 0 Å². The lowest BCUT2D eigenvalue weighted by Gasteiger charge is -2.13. The Balaban J connectivity index is 2.40. The molecule has 0 saturated heterocycles. The van der Waals surface area contributed by atoms with Gasteiger partial charge in [-0.2, -0.15) is 0 Å². The molecule has 2 aromatic rings. The van der Waals surface area contributed by atoms with E-state index in [0.29, 0.717) is 10.0 Å². The van der Waals surface area contributed by atoms with E-state index in [2.05, 4.69) is 15.9 Å². The Labute approximate surface area is 114 Å². The number of rotatable bonds is 2. The van der Waals surface area contributed by atoms with Crippen molar-refractivity contribution in [1.29, 1.82) is 0 Å². The van der Waals surface area contributed by atoms with Gasteiger partial charge in [-0.05, 0) is 54.3 Å². The molecule has 0 fully saturated rings. The van der Waals surface area contributed by atoms with E-state index < -0.39 is 6.10 Å². The molecule has 0 aliphatic carbocycles. The topological polar surface area (TPSA) is 20.2 Å². The van der Waals surface area contributed by atoms with Gasteiger partial charge in [0, 0.05) is 4.47 Å². The van der Waals surface area contributed by atoms with Crippen LogP contribution in [0.15, 0.2) is 40.9 Å². The van der Waals surface area contributed by atoms with Crippen molar-refractivity contribution in [3.63, 3.8) is 0 Å². The van der Waals surface area contributed by atoms with Crippen LogP contribution in [0.3, 0.4) is 0 Å². The normalized spacial score (nSPS) is 12.5. The molecule has 94 valence electrons. The number of hydrogen-bond acceptors (Lipinski definition) is 1. The minimum Gasteiger partial charge on any atom is -0.384 e. The SMILES string of the molecule is Cc1ccc(C(O)c2cc(F)cc(Br)c2)cc1C. The summed E-state index contributed by atoms with van der Waals surface area (Å²) in [6.45, 7) is 4.01. The summed E-state index contributed by atoms with van der Waals surface area (Å²) in [6, 6.07) is 10.2. The molecule has 1 atom stereocenters. The first-order valence-electron chi connectivity index (χ1n) is 5.68. The Morgan fingerprint density at radius 1 is 1.00 bits per heavy atom. The summed E-state index contributed by atoms with van der Waals surface area (Å²) >= 11 is 3.23. The molecule has 0 aliphatic heterocycles. The number of halogens is 2. The summed E-state index contributed by atoms with van der Waals surface area (Å²) < 4.78 is 13.9. The lowest BCUT2D eigenvalue weighted by Crippen LogP contribution is -2.01. The Morgan fingerprint density at radius 3 is 2.33 bits per heavy atom. The first kappa shape index (κ1) is 13.2. The molecule has 18 heavy (non-hydrogen) atoms. The molecule has 1 unspecified atom stereocenters. The van der Waals surface area contributed by atoms with Crippen LogP contribution in [-0.4, -0.2) is 5.11 Å². The third kappa shape index (κ3) is 2.79.